The van der Waals surface area contributed by atoms with Gasteiger partial charge in [-0.15, -0.1) is 0 Å². The van der Waals surface area contributed by atoms with E-state index in [1.165, 1.54) is 3.72 Å². The van der Waals surface area contributed by atoms with Crippen LogP contribution in [0.5, 0.6) is 0 Å². The summed E-state index contributed by atoms with van der Waals surface area (Å²) in [7, 11) is 0. The third-order valence-corrected chi connectivity index (χ3v) is 5.68. The van der Waals surface area contributed by atoms with E-state index in [-0.39, 0.29) is 21.2 Å². The molecule has 1 nitrogen and oxygen atoms in total. The van der Waals surface area contributed by atoms with E-state index >= 15 is 0 Å². The van der Waals surface area contributed by atoms with E-state index in [9.17, 15) is 0 Å². The summed E-state index contributed by atoms with van der Waals surface area (Å²) in [5.41, 5.74) is 0.355. The first-order chi connectivity index (χ1) is 5.04. The van der Waals surface area contributed by atoms with Crippen molar-refractivity contribution in [2.24, 2.45) is 10.4 Å². The van der Waals surface area contributed by atoms with Gasteiger partial charge in [0.1, 0.15) is 0 Å². The molecule has 0 aromatic rings. The molecule has 1 aliphatic rings. The molecular formula is C9H15IN-. The molecule has 1 heterocycles. The topological polar surface area (TPSA) is 12.4 Å². The Balaban J connectivity index is 2.60. The first kappa shape index (κ1) is 9.23. The summed E-state index contributed by atoms with van der Waals surface area (Å²) >= 11 is 0.132. The van der Waals surface area contributed by atoms with E-state index in [0.29, 0.717) is 5.41 Å². The van der Waals surface area contributed by atoms with Crippen LogP contribution in [0, 0.1) is 5.41 Å². The molecular weight excluding hydrogens is 249 g/mol. The standard InChI is InChI=1S/C9H15IN/c1-5-8-10-7(6-11-8)9(2,3)4/h6H,5H2,1-4H3/q-1. The fourth-order valence-corrected chi connectivity index (χ4v) is 3.20. The van der Waals surface area contributed by atoms with Gasteiger partial charge in [0.25, 0.3) is 0 Å². The SMILES string of the molecule is CCC1=NC=C(C(C)(C)C)[I-]1. The van der Waals surface area contributed by atoms with Gasteiger partial charge in [-0.2, -0.15) is 0 Å². The Labute approximate surface area is 79.2 Å². The number of allylic oxidation sites excluding steroid dienone is 1. The average molecular weight is 264 g/mol. The minimum atomic E-state index is 0.132. The Kier molecular flexibility index (Phi) is 2.73. The van der Waals surface area contributed by atoms with E-state index in [1.807, 2.05) is 0 Å². The van der Waals surface area contributed by atoms with E-state index < -0.39 is 0 Å². The summed E-state index contributed by atoms with van der Waals surface area (Å²) in [5.74, 6) is 0. The quantitative estimate of drug-likeness (QED) is 0.581. The second-order valence-corrected chi connectivity index (χ2v) is 6.63. The van der Waals surface area contributed by atoms with Gasteiger partial charge in [-0.25, -0.2) is 0 Å². The molecule has 0 saturated carbocycles. The molecule has 0 unspecified atom stereocenters. The molecule has 0 aromatic heterocycles. The normalized spacial score (nSPS) is 18.9. The maximum absolute atomic E-state index is 4.41. The molecule has 0 atom stereocenters. The first-order valence-electron chi connectivity index (χ1n) is 3.96. The Hall–Kier alpha value is 0.140. The first-order valence-corrected chi connectivity index (χ1v) is 6.12. The van der Waals surface area contributed by atoms with Gasteiger partial charge in [0.15, 0.2) is 0 Å². The van der Waals surface area contributed by atoms with Gasteiger partial charge in [-0.1, -0.05) is 0 Å². The van der Waals surface area contributed by atoms with Crippen molar-refractivity contribution in [3.63, 3.8) is 0 Å². The van der Waals surface area contributed by atoms with Crippen LogP contribution in [-0.4, -0.2) is 3.72 Å². The van der Waals surface area contributed by atoms with E-state index in [0.717, 1.165) is 6.42 Å². The van der Waals surface area contributed by atoms with Crippen molar-refractivity contribution in [3.05, 3.63) is 9.78 Å². The van der Waals surface area contributed by atoms with Crippen molar-refractivity contribution in [2.45, 2.75) is 34.1 Å². The summed E-state index contributed by atoms with van der Waals surface area (Å²) < 4.78 is 3.02. The Morgan fingerprint density at radius 1 is 1.45 bits per heavy atom. The summed E-state index contributed by atoms with van der Waals surface area (Å²) in [6, 6.07) is 0. The van der Waals surface area contributed by atoms with Crippen LogP contribution in [0.4, 0.5) is 0 Å². The zero-order valence-electron chi connectivity index (χ0n) is 7.61. The van der Waals surface area contributed by atoms with Crippen LogP contribution in [-0.2, 0) is 0 Å². The Bertz CT molecular complexity index is 208. The molecule has 64 valence electrons. The molecule has 1 rings (SSSR count). The van der Waals surface area contributed by atoms with Gasteiger partial charge in [0.2, 0.25) is 0 Å². The number of rotatable bonds is 1. The predicted octanol–water partition coefficient (Wildman–Crippen LogP) is -0.215. The molecule has 0 bridgehead atoms. The summed E-state index contributed by atoms with van der Waals surface area (Å²) in [6.07, 6.45) is 3.23. The number of hydrogen-bond acceptors (Lipinski definition) is 1. The number of nitrogens with zero attached hydrogens (tertiary/aromatic N) is 1. The second kappa shape index (κ2) is 3.25. The van der Waals surface area contributed by atoms with Crippen molar-refractivity contribution in [2.75, 3.05) is 0 Å². The van der Waals surface area contributed by atoms with Gasteiger partial charge in [0.05, 0.1) is 0 Å². The van der Waals surface area contributed by atoms with Crippen LogP contribution >= 0.6 is 0 Å². The summed E-state index contributed by atoms with van der Waals surface area (Å²) in [6.45, 7) is 9.00. The van der Waals surface area contributed by atoms with Crippen LogP contribution in [0.1, 0.15) is 34.1 Å². The fourth-order valence-electron chi connectivity index (χ4n) is 0.787. The van der Waals surface area contributed by atoms with Crippen LogP contribution in [0.3, 0.4) is 0 Å². The molecule has 0 N–H and O–H groups in total. The molecule has 0 aromatic carbocycles. The second-order valence-electron chi connectivity index (χ2n) is 3.68. The minimum absolute atomic E-state index is 0.132. The molecule has 0 fully saturated rings. The van der Waals surface area contributed by atoms with Gasteiger partial charge < -0.3 is 0 Å². The fraction of sp³-hybridized carbons (Fsp3) is 0.667. The molecule has 0 radical (unpaired) electrons. The van der Waals surface area contributed by atoms with E-state index in [1.54, 1.807) is 3.58 Å². The molecule has 0 spiro atoms. The molecule has 2 heteroatoms. The maximum atomic E-state index is 4.41. The number of halogens is 1. The summed E-state index contributed by atoms with van der Waals surface area (Å²) in [4.78, 5) is 4.41. The third-order valence-electron chi connectivity index (χ3n) is 1.54. The Morgan fingerprint density at radius 2 is 2.09 bits per heavy atom. The number of aliphatic imine (C=N–C) groups is 1. The van der Waals surface area contributed by atoms with E-state index in [4.69, 9.17) is 0 Å². The van der Waals surface area contributed by atoms with Crippen LogP contribution in [0.2, 0.25) is 0 Å². The van der Waals surface area contributed by atoms with Gasteiger partial charge >= 0.3 is 79.2 Å². The average Bonchev–Trinajstić information content (AvgIpc) is 2.32. The van der Waals surface area contributed by atoms with Crippen molar-refractivity contribution < 1.29 is 21.2 Å². The van der Waals surface area contributed by atoms with Crippen molar-refractivity contribution in [1.29, 1.82) is 0 Å². The zero-order chi connectivity index (χ0) is 8.48. The third kappa shape index (κ3) is 2.29. The monoisotopic (exact) mass is 264 g/mol. The van der Waals surface area contributed by atoms with Crippen molar-refractivity contribution in [3.8, 4) is 0 Å². The molecule has 1 aliphatic heterocycles. The molecule has 0 saturated heterocycles. The van der Waals surface area contributed by atoms with Crippen molar-refractivity contribution >= 4 is 3.72 Å². The van der Waals surface area contributed by atoms with Crippen LogP contribution < -0.4 is 21.2 Å². The molecule has 0 amide bonds. The zero-order valence-corrected chi connectivity index (χ0v) is 9.77. The van der Waals surface area contributed by atoms with Gasteiger partial charge in [-0.3, -0.25) is 0 Å². The van der Waals surface area contributed by atoms with Gasteiger partial charge in [-0.05, 0) is 0 Å². The molecule has 11 heavy (non-hydrogen) atoms. The summed E-state index contributed by atoms with van der Waals surface area (Å²) in [5, 5.41) is 0. The number of hydrogen-bond donors (Lipinski definition) is 0. The van der Waals surface area contributed by atoms with Crippen LogP contribution in [0.15, 0.2) is 14.8 Å². The van der Waals surface area contributed by atoms with Crippen molar-refractivity contribution in [1.82, 2.24) is 0 Å². The predicted molar refractivity (Wildman–Crippen MR) is 45.3 cm³/mol. The van der Waals surface area contributed by atoms with E-state index in [2.05, 4.69) is 38.9 Å². The van der Waals surface area contributed by atoms with Gasteiger partial charge in [0, 0.05) is 0 Å². The molecule has 0 aliphatic carbocycles. The van der Waals surface area contributed by atoms with Crippen LogP contribution in [0.25, 0.3) is 0 Å². The Morgan fingerprint density at radius 3 is 2.36 bits per heavy atom.